The van der Waals surface area contributed by atoms with E-state index in [4.69, 9.17) is 14.0 Å². The Hall–Kier alpha value is -4.21. The van der Waals surface area contributed by atoms with E-state index in [0.717, 1.165) is 40.6 Å². The second kappa shape index (κ2) is 10.3. The van der Waals surface area contributed by atoms with Gasteiger partial charge in [0, 0.05) is 17.9 Å². The molecule has 0 aliphatic heterocycles. The van der Waals surface area contributed by atoms with Gasteiger partial charge in [0.1, 0.15) is 5.75 Å². The van der Waals surface area contributed by atoms with Crippen molar-refractivity contribution in [2.75, 3.05) is 14.2 Å². The largest absolute Gasteiger partial charge is 0.507 e. The van der Waals surface area contributed by atoms with Gasteiger partial charge in [-0.1, -0.05) is 22.4 Å². The summed E-state index contributed by atoms with van der Waals surface area (Å²) >= 11 is 0. The van der Waals surface area contributed by atoms with Gasteiger partial charge in [-0.05, 0) is 74.9 Å². The van der Waals surface area contributed by atoms with Crippen LogP contribution in [0.1, 0.15) is 61.9 Å². The van der Waals surface area contributed by atoms with Gasteiger partial charge in [0.2, 0.25) is 0 Å². The highest BCUT2D eigenvalue weighted by Gasteiger charge is 2.53. The molecule has 2 aliphatic carbocycles. The molecule has 0 spiro atoms. The van der Waals surface area contributed by atoms with Gasteiger partial charge in [-0.15, -0.1) is 0 Å². The number of phenols is 1. The Bertz CT molecular complexity index is 1430. The lowest BCUT2D eigenvalue weighted by Gasteiger charge is -2.15. The molecule has 2 fully saturated rings. The van der Waals surface area contributed by atoms with Crippen molar-refractivity contribution in [1.29, 1.82) is 0 Å². The van der Waals surface area contributed by atoms with Crippen LogP contribution in [0.2, 0.25) is 0 Å². The maximum absolute atomic E-state index is 11.9. The zero-order valence-corrected chi connectivity index (χ0v) is 22.0. The van der Waals surface area contributed by atoms with Gasteiger partial charge in [0.25, 0.3) is 0 Å². The fraction of sp³-hybridized carbons (Fsp3) is 0.393. The van der Waals surface area contributed by atoms with Crippen LogP contribution in [0.5, 0.6) is 5.75 Å². The normalized spacial score (nSPS) is 16.6. The van der Waals surface area contributed by atoms with Crippen LogP contribution < -0.4 is 0 Å². The molecule has 0 saturated heterocycles. The van der Waals surface area contributed by atoms with Crippen molar-refractivity contribution >= 4 is 34.6 Å². The number of phenolic OH excluding ortho intramolecular Hbond substituents is 1. The molecular weight excluding hydrogens is 492 g/mol. The lowest BCUT2D eigenvalue weighted by atomic mass is 9.93. The third-order valence-electron chi connectivity index (χ3n) is 7.11. The smallest absolute Gasteiger partial charge is 0.331 e. The molecule has 1 heterocycles. The van der Waals surface area contributed by atoms with Crippen molar-refractivity contribution in [2.24, 2.45) is 5.16 Å². The summed E-state index contributed by atoms with van der Waals surface area (Å²) in [4.78, 5) is 39.0. The Morgan fingerprint density at radius 3 is 2.00 bits per heavy atom. The Balaban J connectivity index is 0.000000180. The van der Waals surface area contributed by atoms with Gasteiger partial charge in [-0.3, -0.25) is 9.59 Å². The van der Waals surface area contributed by atoms with Crippen LogP contribution in [0.3, 0.4) is 0 Å². The second-order valence-corrected chi connectivity index (χ2v) is 9.62. The molecule has 2 aliphatic rings. The number of nitrogens with zero attached hydrogens (tertiary/aromatic N) is 2. The molecule has 0 bridgehead atoms. The lowest BCUT2D eigenvalue weighted by Crippen LogP contribution is -2.22. The number of esters is 2. The summed E-state index contributed by atoms with van der Waals surface area (Å²) in [5.74, 6) is -0.967. The Labute approximate surface area is 219 Å². The SMILES string of the molecule is COC(=O)C1(c2ccc(O)c(C(C)=NOC(C)=O)c2)CC1.COC(=O)C1(c2ccc3onc(C)c3c2)CC1. The number of carbonyl (C=O) groups is 3. The summed E-state index contributed by atoms with van der Waals surface area (Å²) < 4.78 is 14.9. The minimum atomic E-state index is -0.626. The third kappa shape index (κ3) is 4.98. The molecule has 0 atom stereocenters. The molecule has 1 N–H and O–H groups in total. The minimum Gasteiger partial charge on any atom is -0.507 e. The summed E-state index contributed by atoms with van der Waals surface area (Å²) in [6, 6.07) is 10.7. The lowest BCUT2D eigenvalue weighted by molar-refractivity contribution is -0.144. The van der Waals surface area contributed by atoms with E-state index in [0.29, 0.717) is 24.1 Å². The number of benzene rings is 2. The second-order valence-electron chi connectivity index (χ2n) is 9.62. The van der Waals surface area contributed by atoms with Crippen molar-refractivity contribution in [1.82, 2.24) is 5.16 Å². The van der Waals surface area contributed by atoms with Crippen LogP contribution >= 0.6 is 0 Å². The van der Waals surface area contributed by atoms with E-state index in [9.17, 15) is 19.5 Å². The number of aryl methyl sites for hydroxylation is 1. The van der Waals surface area contributed by atoms with Crippen LogP contribution in [-0.2, 0) is 39.5 Å². The van der Waals surface area contributed by atoms with Crippen LogP contribution in [0.4, 0.5) is 0 Å². The van der Waals surface area contributed by atoms with Crippen molar-refractivity contribution in [3.05, 3.63) is 58.8 Å². The summed E-state index contributed by atoms with van der Waals surface area (Å²) in [6.07, 6.45) is 3.14. The highest BCUT2D eigenvalue weighted by molar-refractivity contribution is 6.01. The number of fused-ring (bicyclic) bond motifs is 1. The Morgan fingerprint density at radius 1 is 0.921 bits per heavy atom. The molecule has 0 radical (unpaired) electrons. The highest BCUT2D eigenvalue weighted by atomic mass is 16.7. The average Bonchev–Trinajstić information content (AvgIpc) is 3.85. The number of carbonyl (C=O) groups excluding carboxylic acids is 3. The van der Waals surface area contributed by atoms with Crippen LogP contribution in [-0.4, -0.2) is 48.1 Å². The maximum Gasteiger partial charge on any atom is 0.331 e. The van der Waals surface area contributed by atoms with Crippen molar-refractivity contribution in [2.45, 2.75) is 57.3 Å². The molecule has 5 rings (SSSR count). The number of oxime groups is 1. The van der Waals surface area contributed by atoms with Crippen molar-refractivity contribution in [3.63, 3.8) is 0 Å². The molecule has 38 heavy (non-hydrogen) atoms. The molecule has 2 aromatic carbocycles. The predicted octanol–water partition coefficient (Wildman–Crippen LogP) is 4.22. The van der Waals surface area contributed by atoms with Crippen LogP contribution in [0.15, 0.2) is 46.1 Å². The van der Waals surface area contributed by atoms with Crippen molar-refractivity contribution < 1.29 is 38.3 Å². The monoisotopic (exact) mass is 522 g/mol. The van der Waals surface area contributed by atoms with Gasteiger partial charge < -0.3 is 23.9 Å². The molecule has 0 amide bonds. The fourth-order valence-electron chi connectivity index (χ4n) is 4.52. The Kier molecular flexibility index (Phi) is 7.26. The van der Waals surface area contributed by atoms with E-state index in [2.05, 4.69) is 15.1 Å². The number of hydrogen-bond donors (Lipinski definition) is 1. The van der Waals surface area contributed by atoms with E-state index < -0.39 is 16.8 Å². The zero-order chi connectivity index (χ0) is 27.7. The summed E-state index contributed by atoms with van der Waals surface area (Å²) in [7, 11) is 2.79. The van der Waals surface area contributed by atoms with Crippen LogP contribution in [0, 0.1) is 6.92 Å². The third-order valence-corrected chi connectivity index (χ3v) is 7.11. The maximum atomic E-state index is 11.9. The molecule has 10 heteroatoms. The number of hydrogen-bond acceptors (Lipinski definition) is 10. The number of methoxy groups -OCH3 is 2. The standard InChI is InChI=1S/C15H17NO5.C13H13NO3/c1-9(16-21-10(2)17)12-8-11(4-5-13(12)18)15(6-7-15)14(19)20-3;1-8-10-7-9(3-4-11(10)17-14-8)13(5-6-13)12(15)16-2/h4-5,8,18H,6-7H2,1-3H3;3-4,7H,5-6H2,1-2H3. The quantitative estimate of drug-likeness (QED) is 0.218. The zero-order valence-electron chi connectivity index (χ0n) is 22.0. The average molecular weight is 523 g/mol. The number of ether oxygens (including phenoxy) is 2. The van der Waals surface area contributed by atoms with E-state index >= 15 is 0 Å². The topological polar surface area (TPSA) is 138 Å². The summed E-state index contributed by atoms with van der Waals surface area (Å²) in [5.41, 5.74) is 3.09. The molecule has 3 aromatic rings. The van der Waals surface area contributed by atoms with Gasteiger partial charge in [-0.2, -0.15) is 0 Å². The van der Waals surface area contributed by atoms with Gasteiger partial charge in [-0.25, -0.2) is 4.79 Å². The van der Waals surface area contributed by atoms with Gasteiger partial charge in [0.05, 0.1) is 36.5 Å². The molecule has 200 valence electrons. The molecular formula is C28H30N2O8. The summed E-state index contributed by atoms with van der Waals surface area (Å²) in [6.45, 7) is 4.75. The highest BCUT2D eigenvalue weighted by Crippen LogP contribution is 2.50. The first-order valence-corrected chi connectivity index (χ1v) is 12.2. The fourth-order valence-corrected chi connectivity index (χ4v) is 4.52. The first kappa shape index (κ1) is 26.8. The van der Waals surface area contributed by atoms with Crippen LogP contribution in [0.25, 0.3) is 11.0 Å². The summed E-state index contributed by atoms with van der Waals surface area (Å²) in [5, 5.41) is 18.5. The van der Waals surface area contributed by atoms with E-state index in [1.165, 1.54) is 27.2 Å². The van der Waals surface area contributed by atoms with E-state index in [1.54, 1.807) is 19.1 Å². The number of aromatic nitrogens is 1. The van der Waals surface area contributed by atoms with Crippen molar-refractivity contribution in [3.8, 4) is 5.75 Å². The predicted molar refractivity (Wildman–Crippen MR) is 137 cm³/mol. The Morgan fingerprint density at radius 2 is 1.47 bits per heavy atom. The minimum absolute atomic E-state index is 0.00724. The molecule has 0 unspecified atom stereocenters. The first-order chi connectivity index (χ1) is 18.1. The molecule has 2 saturated carbocycles. The number of aromatic hydroxyl groups is 1. The van der Waals surface area contributed by atoms with E-state index in [-0.39, 0.29) is 17.7 Å². The number of rotatable bonds is 6. The molecule has 1 aromatic heterocycles. The van der Waals surface area contributed by atoms with Gasteiger partial charge in [0.15, 0.2) is 5.58 Å². The van der Waals surface area contributed by atoms with E-state index in [1.807, 2.05) is 25.1 Å². The molecule has 10 nitrogen and oxygen atoms in total. The van der Waals surface area contributed by atoms with Gasteiger partial charge >= 0.3 is 17.9 Å². The first-order valence-electron chi connectivity index (χ1n) is 12.2.